The summed E-state index contributed by atoms with van der Waals surface area (Å²) >= 11 is 0. The summed E-state index contributed by atoms with van der Waals surface area (Å²) in [6.45, 7) is 8.27. The van der Waals surface area contributed by atoms with E-state index in [1.165, 1.54) is 57.8 Å². The molecule has 0 aliphatic heterocycles. The third-order valence-electron chi connectivity index (χ3n) is 3.87. The van der Waals surface area contributed by atoms with Gasteiger partial charge in [-0.3, -0.25) is 4.79 Å². The Balaban J connectivity index is 3.93. The van der Waals surface area contributed by atoms with E-state index in [4.69, 9.17) is 0 Å². The molecule has 0 aromatic rings. The highest BCUT2D eigenvalue weighted by atomic mass is 16.2. The summed E-state index contributed by atoms with van der Waals surface area (Å²) in [4.78, 5) is 11.7. The molecule has 0 bridgehead atoms. The van der Waals surface area contributed by atoms with Crippen molar-refractivity contribution in [1.29, 1.82) is 0 Å². The number of carbonyl (C=O) groups is 1. The van der Waals surface area contributed by atoms with Gasteiger partial charge in [0.25, 0.3) is 0 Å². The van der Waals surface area contributed by atoms with Gasteiger partial charge in [0, 0.05) is 12.1 Å². The molecule has 124 valence electrons. The SMILES string of the molecule is CCCCCCCC(CCCC)CCC(=O)NN=C(C)C. The van der Waals surface area contributed by atoms with E-state index in [1.54, 1.807) is 0 Å². The number of hydrogen-bond acceptors (Lipinski definition) is 2. The number of nitrogens with zero attached hydrogens (tertiary/aromatic N) is 1. The van der Waals surface area contributed by atoms with E-state index in [-0.39, 0.29) is 5.91 Å². The number of rotatable bonds is 13. The smallest absolute Gasteiger partial charge is 0.240 e. The van der Waals surface area contributed by atoms with Crippen molar-refractivity contribution in [2.45, 2.75) is 98.3 Å². The minimum absolute atomic E-state index is 0.0590. The predicted molar refractivity (Wildman–Crippen MR) is 92.6 cm³/mol. The van der Waals surface area contributed by atoms with Gasteiger partial charge in [0.15, 0.2) is 0 Å². The van der Waals surface area contributed by atoms with E-state index >= 15 is 0 Å². The minimum atomic E-state index is 0.0590. The van der Waals surface area contributed by atoms with Crippen LogP contribution in [0.5, 0.6) is 0 Å². The van der Waals surface area contributed by atoms with Crippen LogP contribution in [0.2, 0.25) is 0 Å². The van der Waals surface area contributed by atoms with Crippen LogP contribution in [0.1, 0.15) is 98.3 Å². The fourth-order valence-corrected chi connectivity index (χ4v) is 2.53. The first-order valence-corrected chi connectivity index (χ1v) is 8.89. The number of nitrogens with one attached hydrogen (secondary N) is 1. The van der Waals surface area contributed by atoms with Gasteiger partial charge < -0.3 is 0 Å². The lowest BCUT2D eigenvalue weighted by Crippen LogP contribution is -2.19. The topological polar surface area (TPSA) is 41.5 Å². The molecule has 1 unspecified atom stereocenters. The highest BCUT2D eigenvalue weighted by molar-refractivity contribution is 5.82. The van der Waals surface area contributed by atoms with Crippen molar-refractivity contribution in [3.63, 3.8) is 0 Å². The van der Waals surface area contributed by atoms with Crippen molar-refractivity contribution >= 4 is 11.6 Å². The Hall–Kier alpha value is -0.860. The van der Waals surface area contributed by atoms with Gasteiger partial charge in [-0.15, -0.1) is 0 Å². The van der Waals surface area contributed by atoms with Crippen molar-refractivity contribution < 1.29 is 4.79 Å². The molecule has 3 nitrogen and oxygen atoms in total. The second-order valence-electron chi connectivity index (χ2n) is 6.34. The molecule has 0 aliphatic carbocycles. The minimum Gasteiger partial charge on any atom is -0.273 e. The number of amides is 1. The Bertz CT molecular complexity index is 283. The van der Waals surface area contributed by atoms with Crippen LogP contribution in [-0.2, 0) is 4.79 Å². The van der Waals surface area contributed by atoms with E-state index in [1.807, 2.05) is 13.8 Å². The molecular weight excluding hydrogens is 260 g/mol. The molecule has 0 aromatic heterocycles. The van der Waals surface area contributed by atoms with Crippen LogP contribution in [0.4, 0.5) is 0 Å². The first-order chi connectivity index (χ1) is 10.1. The summed E-state index contributed by atoms with van der Waals surface area (Å²) in [6.07, 6.45) is 13.4. The van der Waals surface area contributed by atoms with Crippen molar-refractivity contribution in [2.24, 2.45) is 11.0 Å². The average Bonchev–Trinajstić information content (AvgIpc) is 2.46. The van der Waals surface area contributed by atoms with Crippen molar-refractivity contribution in [3.05, 3.63) is 0 Å². The highest BCUT2D eigenvalue weighted by Crippen LogP contribution is 2.22. The first-order valence-electron chi connectivity index (χ1n) is 8.89. The molecule has 1 amide bonds. The summed E-state index contributed by atoms with van der Waals surface area (Å²) in [5.41, 5.74) is 3.52. The standard InChI is InChI=1S/C18H36N2O/c1-5-7-9-10-11-13-17(12-8-6-2)14-15-18(21)20-19-16(3)4/h17H,5-15H2,1-4H3,(H,20,21). The molecule has 0 saturated heterocycles. The molecule has 0 spiro atoms. The lowest BCUT2D eigenvalue weighted by molar-refractivity contribution is -0.121. The monoisotopic (exact) mass is 296 g/mol. The van der Waals surface area contributed by atoms with Crippen molar-refractivity contribution in [1.82, 2.24) is 5.43 Å². The molecule has 1 atom stereocenters. The van der Waals surface area contributed by atoms with Crippen LogP contribution in [0.3, 0.4) is 0 Å². The molecule has 21 heavy (non-hydrogen) atoms. The maximum atomic E-state index is 11.7. The highest BCUT2D eigenvalue weighted by Gasteiger charge is 2.11. The van der Waals surface area contributed by atoms with Crippen LogP contribution < -0.4 is 5.43 Å². The second-order valence-corrected chi connectivity index (χ2v) is 6.34. The largest absolute Gasteiger partial charge is 0.273 e. The number of hydrogen-bond donors (Lipinski definition) is 1. The van der Waals surface area contributed by atoms with Gasteiger partial charge in [-0.25, -0.2) is 5.43 Å². The third kappa shape index (κ3) is 13.9. The molecule has 0 aliphatic rings. The lowest BCUT2D eigenvalue weighted by atomic mass is 9.91. The van der Waals surface area contributed by atoms with E-state index in [0.717, 1.165) is 12.1 Å². The van der Waals surface area contributed by atoms with Crippen LogP contribution >= 0.6 is 0 Å². The molecule has 0 saturated carbocycles. The van der Waals surface area contributed by atoms with Crippen molar-refractivity contribution in [3.8, 4) is 0 Å². The Labute approximate surface area is 132 Å². The molecule has 3 heteroatoms. The van der Waals surface area contributed by atoms with E-state index in [2.05, 4.69) is 24.4 Å². The Morgan fingerprint density at radius 3 is 2.14 bits per heavy atom. The molecule has 0 heterocycles. The fourth-order valence-electron chi connectivity index (χ4n) is 2.53. The van der Waals surface area contributed by atoms with Gasteiger partial charge in [-0.2, -0.15) is 5.10 Å². The third-order valence-corrected chi connectivity index (χ3v) is 3.87. The van der Waals surface area contributed by atoms with E-state index < -0.39 is 0 Å². The molecular formula is C18H36N2O. The second kappa shape index (κ2) is 14.1. The fraction of sp³-hybridized carbons (Fsp3) is 0.889. The summed E-state index contributed by atoms with van der Waals surface area (Å²) in [5, 5.41) is 3.98. The van der Waals surface area contributed by atoms with Crippen LogP contribution in [-0.4, -0.2) is 11.6 Å². The van der Waals surface area contributed by atoms with Gasteiger partial charge in [-0.1, -0.05) is 71.6 Å². The summed E-state index contributed by atoms with van der Waals surface area (Å²) < 4.78 is 0. The van der Waals surface area contributed by atoms with Crippen LogP contribution in [0, 0.1) is 5.92 Å². The predicted octanol–water partition coefficient (Wildman–Crippen LogP) is 5.45. The zero-order chi connectivity index (χ0) is 15.9. The van der Waals surface area contributed by atoms with Crippen molar-refractivity contribution in [2.75, 3.05) is 0 Å². The lowest BCUT2D eigenvalue weighted by Gasteiger charge is -2.16. The van der Waals surface area contributed by atoms with E-state index in [9.17, 15) is 4.79 Å². The maximum absolute atomic E-state index is 11.7. The van der Waals surface area contributed by atoms with Crippen LogP contribution in [0.15, 0.2) is 5.10 Å². The zero-order valence-corrected chi connectivity index (χ0v) is 14.7. The Kier molecular flexibility index (Phi) is 13.5. The molecule has 0 radical (unpaired) electrons. The van der Waals surface area contributed by atoms with Gasteiger partial charge in [0.1, 0.15) is 0 Å². The van der Waals surface area contributed by atoms with Gasteiger partial charge in [0.05, 0.1) is 0 Å². The van der Waals surface area contributed by atoms with Gasteiger partial charge in [0.2, 0.25) is 5.91 Å². The average molecular weight is 296 g/mol. The number of hydrazone groups is 1. The number of unbranched alkanes of at least 4 members (excludes halogenated alkanes) is 5. The number of carbonyl (C=O) groups excluding carboxylic acids is 1. The summed E-state index contributed by atoms with van der Waals surface area (Å²) in [7, 11) is 0. The zero-order valence-electron chi connectivity index (χ0n) is 14.7. The summed E-state index contributed by atoms with van der Waals surface area (Å²) in [6, 6.07) is 0. The molecule has 0 rings (SSSR count). The van der Waals surface area contributed by atoms with E-state index in [0.29, 0.717) is 12.3 Å². The Morgan fingerprint density at radius 2 is 1.52 bits per heavy atom. The van der Waals surface area contributed by atoms with Gasteiger partial charge in [-0.05, 0) is 26.2 Å². The van der Waals surface area contributed by atoms with Crippen LogP contribution in [0.25, 0.3) is 0 Å². The molecule has 0 fully saturated rings. The normalized spacial score (nSPS) is 12.0. The summed E-state index contributed by atoms with van der Waals surface area (Å²) in [5.74, 6) is 0.771. The molecule has 1 N–H and O–H groups in total. The maximum Gasteiger partial charge on any atom is 0.240 e. The first kappa shape index (κ1) is 20.1. The van der Waals surface area contributed by atoms with Gasteiger partial charge >= 0.3 is 0 Å². The molecule has 0 aromatic carbocycles. The Morgan fingerprint density at radius 1 is 0.905 bits per heavy atom. The quantitative estimate of drug-likeness (QED) is 0.274.